The Balaban J connectivity index is 4.06. The molecule has 0 aromatic carbocycles. The first-order valence-corrected chi connectivity index (χ1v) is 33.8. The van der Waals surface area contributed by atoms with E-state index in [0.717, 1.165) is 148 Å². The van der Waals surface area contributed by atoms with Crippen LogP contribution in [-0.4, -0.2) is 49.3 Å². The topological polar surface area (TPSA) is 134 Å². The van der Waals surface area contributed by atoms with Crippen LogP contribution in [0, 0.1) is 0 Å². The van der Waals surface area contributed by atoms with Gasteiger partial charge in [-0.3, -0.25) is 18.6 Å². The van der Waals surface area contributed by atoms with Crippen LogP contribution in [0.25, 0.3) is 0 Å². The summed E-state index contributed by atoms with van der Waals surface area (Å²) >= 11 is 0. The highest BCUT2D eigenvalue weighted by Gasteiger charge is 2.26. The van der Waals surface area contributed by atoms with Crippen molar-refractivity contribution in [2.24, 2.45) is 5.73 Å². The number of unbranched alkanes of at least 4 members (excludes halogenated alkanes) is 15. The lowest BCUT2D eigenvalue weighted by atomic mass is 10.1. The van der Waals surface area contributed by atoms with Crippen LogP contribution >= 0.6 is 7.82 Å². The maximum atomic E-state index is 12.7. The lowest BCUT2D eigenvalue weighted by molar-refractivity contribution is -0.161. The minimum atomic E-state index is -4.41. The van der Waals surface area contributed by atoms with Gasteiger partial charge < -0.3 is 20.1 Å². The maximum absolute atomic E-state index is 12.7. The molecule has 9 nitrogen and oxygen atoms in total. The first-order chi connectivity index (χ1) is 40.8. The van der Waals surface area contributed by atoms with E-state index >= 15 is 0 Å². The van der Waals surface area contributed by atoms with Gasteiger partial charge in [0.05, 0.1) is 13.2 Å². The predicted octanol–water partition coefficient (Wildman–Crippen LogP) is 21.2. The Kier molecular flexibility index (Phi) is 62.3. The van der Waals surface area contributed by atoms with E-state index in [0.29, 0.717) is 12.8 Å². The summed E-state index contributed by atoms with van der Waals surface area (Å²) in [6, 6.07) is 0. The monoisotopic (exact) mass is 1170 g/mol. The third-order valence-corrected chi connectivity index (χ3v) is 13.8. The number of ether oxygens (including phenoxy) is 2. The molecule has 3 N–H and O–H groups in total. The fraction of sp³-hybridized carbons (Fsp3) is 0.562. The molecule has 0 fully saturated rings. The Morgan fingerprint density at radius 1 is 0.361 bits per heavy atom. The molecule has 10 heteroatoms. The van der Waals surface area contributed by atoms with E-state index in [1.165, 1.54) is 44.9 Å². The van der Waals surface area contributed by atoms with Crippen LogP contribution in [0.15, 0.2) is 182 Å². The molecular formula is C73H116NO8P. The zero-order valence-corrected chi connectivity index (χ0v) is 53.0. The van der Waals surface area contributed by atoms with E-state index in [-0.39, 0.29) is 32.6 Å². The number of phosphoric acid groups is 1. The summed E-state index contributed by atoms with van der Waals surface area (Å²) in [5, 5.41) is 0. The number of esters is 2. The molecule has 2 unspecified atom stereocenters. The fourth-order valence-corrected chi connectivity index (χ4v) is 8.87. The average molecular weight is 1170 g/mol. The summed E-state index contributed by atoms with van der Waals surface area (Å²) in [4.78, 5) is 35.3. The minimum absolute atomic E-state index is 0.0399. The molecule has 0 aromatic rings. The largest absolute Gasteiger partial charge is 0.472 e. The number of rotatable bonds is 58. The van der Waals surface area contributed by atoms with E-state index in [9.17, 15) is 19.0 Å². The molecule has 0 bridgehead atoms. The third kappa shape index (κ3) is 66.1. The van der Waals surface area contributed by atoms with E-state index in [2.05, 4.69) is 196 Å². The number of carbonyl (C=O) groups excluding carboxylic acids is 2. The van der Waals surface area contributed by atoms with Crippen molar-refractivity contribution in [1.82, 2.24) is 0 Å². The lowest BCUT2D eigenvalue weighted by Crippen LogP contribution is -2.29. The van der Waals surface area contributed by atoms with Crippen LogP contribution in [0.4, 0.5) is 0 Å². The third-order valence-electron chi connectivity index (χ3n) is 12.8. The van der Waals surface area contributed by atoms with Crippen molar-refractivity contribution in [3.8, 4) is 0 Å². The van der Waals surface area contributed by atoms with Gasteiger partial charge in [-0.2, -0.15) is 0 Å². The second-order valence-electron chi connectivity index (χ2n) is 20.5. The van der Waals surface area contributed by atoms with Gasteiger partial charge in [0, 0.05) is 19.4 Å². The highest BCUT2D eigenvalue weighted by molar-refractivity contribution is 7.47. The van der Waals surface area contributed by atoms with Gasteiger partial charge in [0.15, 0.2) is 6.10 Å². The van der Waals surface area contributed by atoms with Gasteiger partial charge in [0.1, 0.15) is 6.61 Å². The molecular weight excluding hydrogens is 1050 g/mol. The van der Waals surface area contributed by atoms with Crippen LogP contribution in [0.2, 0.25) is 0 Å². The molecule has 0 aliphatic rings. The summed E-state index contributed by atoms with van der Waals surface area (Å²) < 4.78 is 33.1. The Bertz CT molecular complexity index is 2010. The van der Waals surface area contributed by atoms with Crippen molar-refractivity contribution in [3.63, 3.8) is 0 Å². The van der Waals surface area contributed by atoms with Crippen LogP contribution < -0.4 is 5.73 Å². The number of hydrogen-bond donors (Lipinski definition) is 2. The number of nitrogens with two attached hydrogens (primary N) is 1. The first-order valence-electron chi connectivity index (χ1n) is 32.3. The van der Waals surface area contributed by atoms with Crippen molar-refractivity contribution in [2.45, 2.75) is 238 Å². The summed E-state index contributed by atoms with van der Waals surface area (Å²) in [6.07, 6.45) is 99.5. The molecule has 0 radical (unpaired) electrons. The SMILES string of the molecule is CC/C=C\C/C=C\C/C=C\C/C=C\C/C=C\C/C=C\C/C=C\C/C=C\CCCCCCCCCCC(=O)OC(COC(=O)CCCCCCCCC/C=C\C/C=C\C/C=C\C/C=C\C/C=C\C/C=C\C/C=C\CC)COP(=O)(O)OCCN. The second kappa shape index (κ2) is 66.3. The lowest BCUT2D eigenvalue weighted by Gasteiger charge is -2.19. The van der Waals surface area contributed by atoms with Gasteiger partial charge in [0.2, 0.25) is 0 Å². The molecule has 0 heterocycles. The Morgan fingerprint density at radius 3 is 0.928 bits per heavy atom. The molecule has 0 amide bonds. The van der Waals surface area contributed by atoms with E-state index in [4.69, 9.17) is 24.3 Å². The van der Waals surface area contributed by atoms with Gasteiger partial charge in [0.25, 0.3) is 0 Å². The Morgan fingerprint density at radius 2 is 0.627 bits per heavy atom. The van der Waals surface area contributed by atoms with Gasteiger partial charge >= 0.3 is 19.8 Å². The summed E-state index contributed by atoms with van der Waals surface area (Å²) in [5.41, 5.74) is 5.39. The smallest absolute Gasteiger partial charge is 0.462 e. The van der Waals surface area contributed by atoms with Crippen molar-refractivity contribution in [1.29, 1.82) is 0 Å². The summed E-state index contributed by atoms with van der Waals surface area (Å²) in [6.45, 7) is 3.47. The van der Waals surface area contributed by atoms with Crippen LogP contribution in [0.1, 0.15) is 232 Å². The molecule has 83 heavy (non-hydrogen) atoms. The molecule has 0 saturated carbocycles. The van der Waals surface area contributed by atoms with Gasteiger partial charge in [-0.1, -0.05) is 267 Å². The summed E-state index contributed by atoms with van der Waals surface area (Å²) in [5.74, 6) is -0.864. The second-order valence-corrected chi connectivity index (χ2v) is 22.0. The van der Waals surface area contributed by atoms with Crippen molar-refractivity contribution >= 4 is 19.8 Å². The van der Waals surface area contributed by atoms with E-state index in [1.54, 1.807) is 0 Å². The normalized spacial score (nSPS) is 14.2. The van der Waals surface area contributed by atoms with Crippen LogP contribution in [0.5, 0.6) is 0 Å². The molecule has 0 rings (SSSR count). The summed E-state index contributed by atoms with van der Waals surface area (Å²) in [7, 11) is -4.41. The highest BCUT2D eigenvalue weighted by atomic mass is 31.2. The standard InChI is InChI=1S/C73H116NO8P/c1-3-5-7-9-11-13-15-17-19-21-23-25-27-29-31-33-34-35-36-38-40-42-44-46-48-50-52-54-56-58-60-62-64-66-73(76)82-71(70-81-83(77,78)80-68-67-74)69-79-72(75)65-63-61-59-57-55-53-51-49-47-45-43-41-39-37-32-30-28-26-24-22-20-18-16-14-12-10-8-6-4-2/h5-8,11-14,17-20,23-26,29-32,34-35,38-41,44-47,71H,3-4,9-10,15-16,21-22,27-28,33,36-37,42-43,48-70,74H2,1-2H3,(H,77,78)/b7-5-,8-6-,13-11-,14-12-,19-17-,20-18-,25-23-,26-24-,31-29-,32-30-,35-34-,40-38-,41-39-,46-44-,47-45-. The Labute approximate surface area is 507 Å². The van der Waals surface area contributed by atoms with E-state index in [1.807, 2.05) is 0 Å². The number of allylic oxidation sites excluding steroid dienone is 30. The van der Waals surface area contributed by atoms with Crippen molar-refractivity contribution < 1.29 is 37.6 Å². The Hall–Kier alpha value is -4.89. The molecule has 0 aliphatic carbocycles. The van der Waals surface area contributed by atoms with Crippen molar-refractivity contribution in [3.05, 3.63) is 182 Å². The zero-order chi connectivity index (χ0) is 60.1. The van der Waals surface area contributed by atoms with Gasteiger partial charge in [-0.05, 0) is 135 Å². The molecule has 0 spiro atoms. The molecule has 2 atom stereocenters. The van der Waals surface area contributed by atoms with Gasteiger partial charge in [-0.15, -0.1) is 0 Å². The number of carbonyl (C=O) groups is 2. The first kappa shape index (κ1) is 78.1. The van der Waals surface area contributed by atoms with Crippen molar-refractivity contribution in [2.75, 3.05) is 26.4 Å². The minimum Gasteiger partial charge on any atom is -0.462 e. The fourth-order valence-electron chi connectivity index (χ4n) is 8.10. The maximum Gasteiger partial charge on any atom is 0.472 e. The van der Waals surface area contributed by atoms with E-state index < -0.39 is 32.5 Å². The number of hydrogen-bond acceptors (Lipinski definition) is 8. The number of phosphoric ester groups is 1. The average Bonchev–Trinajstić information content (AvgIpc) is 3.49. The molecule has 0 aromatic heterocycles. The molecule has 466 valence electrons. The zero-order valence-electron chi connectivity index (χ0n) is 52.1. The predicted molar refractivity (Wildman–Crippen MR) is 357 cm³/mol. The van der Waals surface area contributed by atoms with Gasteiger partial charge in [-0.25, -0.2) is 4.57 Å². The quantitative estimate of drug-likeness (QED) is 0.0264. The highest BCUT2D eigenvalue weighted by Crippen LogP contribution is 2.43. The van der Waals surface area contributed by atoms with Crippen LogP contribution in [0.3, 0.4) is 0 Å². The van der Waals surface area contributed by atoms with Crippen LogP contribution in [-0.2, 0) is 32.7 Å². The molecule has 0 aliphatic heterocycles. The molecule has 0 saturated heterocycles.